The molecule has 0 atom stereocenters. The van der Waals surface area contributed by atoms with Crippen LogP contribution in [-0.2, 0) is 0 Å². The van der Waals surface area contributed by atoms with Crippen LogP contribution < -0.4 is 5.32 Å². The summed E-state index contributed by atoms with van der Waals surface area (Å²) in [7, 11) is 0. The van der Waals surface area contributed by atoms with Gasteiger partial charge in [-0.05, 0) is 42.5 Å². The average molecular weight is 320 g/mol. The van der Waals surface area contributed by atoms with Crippen LogP contribution in [0.3, 0.4) is 0 Å². The molecule has 0 saturated carbocycles. The second kappa shape index (κ2) is 6.22. The lowest BCUT2D eigenvalue weighted by Crippen LogP contribution is -2.45. The van der Waals surface area contributed by atoms with Crippen LogP contribution in [0.5, 0.6) is 0 Å². The van der Waals surface area contributed by atoms with Gasteiger partial charge in [-0.2, -0.15) is 11.8 Å². The van der Waals surface area contributed by atoms with Gasteiger partial charge in [-0.3, -0.25) is 9.78 Å². The van der Waals surface area contributed by atoms with Crippen LogP contribution in [0.15, 0.2) is 30.5 Å². The maximum Gasteiger partial charge on any atom is 0.253 e. The van der Waals surface area contributed by atoms with E-state index in [1.54, 1.807) is 30.1 Å². The van der Waals surface area contributed by atoms with Crippen LogP contribution in [0.4, 0.5) is 4.39 Å². The van der Waals surface area contributed by atoms with Gasteiger partial charge in [0.05, 0.1) is 16.7 Å². The van der Waals surface area contributed by atoms with Crippen LogP contribution >= 0.6 is 11.8 Å². The van der Waals surface area contributed by atoms with Gasteiger partial charge in [-0.25, -0.2) is 4.39 Å². The van der Waals surface area contributed by atoms with Gasteiger partial charge in [0.25, 0.3) is 5.91 Å². The average Bonchev–Trinajstić information content (AvgIpc) is 2.52. The molecule has 0 spiro atoms. The van der Waals surface area contributed by atoms with Gasteiger partial charge in [0.2, 0.25) is 0 Å². The molecule has 0 aliphatic carbocycles. The van der Waals surface area contributed by atoms with Crippen molar-refractivity contribution in [2.24, 2.45) is 0 Å². The molecule has 1 fully saturated rings. The van der Waals surface area contributed by atoms with Crippen molar-refractivity contribution in [2.45, 2.75) is 18.4 Å². The first kappa shape index (κ1) is 15.2. The number of fused-ring (bicyclic) bond motifs is 1. The number of aliphatic hydroxyl groups is 1. The normalized spacial score (nSPS) is 17.4. The van der Waals surface area contributed by atoms with Crippen molar-refractivity contribution in [3.63, 3.8) is 0 Å². The summed E-state index contributed by atoms with van der Waals surface area (Å²) in [5.74, 6) is 0.890. The zero-order chi connectivity index (χ0) is 15.6. The van der Waals surface area contributed by atoms with E-state index in [1.807, 2.05) is 0 Å². The third-order valence-electron chi connectivity index (χ3n) is 3.92. The van der Waals surface area contributed by atoms with Crippen LogP contribution in [-0.4, -0.2) is 39.6 Å². The van der Waals surface area contributed by atoms with Crippen molar-refractivity contribution in [3.05, 3.63) is 41.8 Å². The Hall–Kier alpha value is -1.66. The molecule has 1 aromatic heterocycles. The zero-order valence-electron chi connectivity index (χ0n) is 12.0. The maximum absolute atomic E-state index is 13.7. The van der Waals surface area contributed by atoms with Crippen molar-refractivity contribution >= 4 is 28.6 Å². The highest BCUT2D eigenvalue weighted by atomic mass is 32.2. The number of aromatic nitrogens is 1. The number of amides is 1. The van der Waals surface area contributed by atoms with E-state index in [0.717, 1.165) is 11.5 Å². The molecule has 1 saturated heterocycles. The summed E-state index contributed by atoms with van der Waals surface area (Å²) in [4.78, 5) is 16.5. The number of benzene rings is 1. The Morgan fingerprint density at radius 3 is 2.95 bits per heavy atom. The number of carbonyl (C=O) groups excluding carboxylic acids is 1. The van der Waals surface area contributed by atoms with Crippen LogP contribution in [0, 0.1) is 5.82 Å². The summed E-state index contributed by atoms with van der Waals surface area (Å²) in [6, 6.07) is 5.95. The van der Waals surface area contributed by atoms with Gasteiger partial charge in [0.1, 0.15) is 5.82 Å². The van der Waals surface area contributed by atoms with Crippen molar-refractivity contribution in [1.29, 1.82) is 0 Å². The van der Waals surface area contributed by atoms with Crippen LogP contribution in [0.2, 0.25) is 0 Å². The fourth-order valence-corrected chi connectivity index (χ4v) is 3.85. The minimum absolute atomic E-state index is 0.178. The lowest BCUT2D eigenvalue weighted by molar-refractivity contribution is 0.0311. The molecule has 1 aromatic carbocycles. The molecular formula is C16H17FN2O2S. The van der Waals surface area contributed by atoms with E-state index in [2.05, 4.69) is 10.3 Å². The van der Waals surface area contributed by atoms with Crippen molar-refractivity contribution in [2.75, 3.05) is 18.1 Å². The number of halogens is 1. The van der Waals surface area contributed by atoms with Crippen molar-refractivity contribution < 1.29 is 14.3 Å². The number of nitrogens with one attached hydrogen (secondary N) is 1. The Morgan fingerprint density at radius 1 is 1.41 bits per heavy atom. The molecule has 116 valence electrons. The smallest absolute Gasteiger partial charge is 0.253 e. The van der Waals surface area contributed by atoms with Gasteiger partial charge in [0.15, 0.2) is 0 Å². The van der Waals surface area contributed by atoms with E-state index in [-0.39, 0.29) is 12.1 Å². The van der Waals surface area contributed by atoms with Gasteiger partial charge in [-0.15, -0.1) is 0 Å². The summed E-state index contributed by atoms with van der Waals surface area (Å²) in [6.07, 6.45) is 2.88. The minimum atomic E-state index is -0.864. The maximum atomic E-state index is 13.7. The molecule has 6 heteroatoms. The second-order valence-corrected chi connectivity index (χ2v) is 6.77. The minimum Gasteiger partial charge on any atom is -0.388 e. The zero-order valence-corrected chi connectivity index (χ0v) is 12.8. The molecule has 1 amide bonds. The number of carbonyl (C=O) groups is 1. The van der Waals surface area contributed by atoms with E-state index in [9.17, 15) is 14.3 Å². The largest absolute Gasteiger partial charge is 0.388 e. The molecule has 1 aliphatic rings. The first-order valence-electron chi connectivity index (χ1n) is 7.20. The SMILES string of the molecule is O=C(NCC1(O)CCSCC1)c1cc(F)cc2cccnc12. The highest BCUT2D eigenvalue weighted by molar-refractivity contribution is 7.99. The van der Waals surface area contributed by atoms with E-state index in [4.69, 9.17) is 0 Å². The monoisotopic (exact) mass is 320 g/mol. The Bertz CT molecular complexity index is 702. The molecule has 0 bridgehead atoms. The third kappa shape index (κ3) is 3.23. The highest BCUT2D eigenvalue weighted by Gasteiger charge is 2.30. The molecule has 4 nitrogen and oxygen atoms in total. The Labute approximate surface area is 132 Å². The molecule has 2 aromatic rings. The fraction of sp³-hybridized carbons (Fsp3) is 0.375. The number of nitrogens with zero attached hydrogens (tertiary/aromatic N) is 1. The fourth-order valence-electron chi connectivity index (χ4n) is 2.60. The standard InChI is InChI=1S/C16H17FN2O2S/c17-12-8-11-2-1-5-18-14(11)13(9-12)15(20)19-10-16(21)3-6-22-7-4-16/h1-2,5,8-9,21H,3-4,6-7,10H2,(H,19,20). The lowest BCUT2D eigenvalue weighted by Gasteiger charge is -2.31. The summed E-state index contributed by atoms with van der Waals surface area (Å²) in [6.45, 7) is 0.178. The molecule has 3 rings (SSSR count). The molecule has 2 N–H and O–H groups in total. The predicted octanol–water partition coefficient (Wildman–Crippen LogP) is 2.36. The quantitative estimate of drug-likeness (QED) is 0.911. The van der Waals surface area contributed by atoms with E-state index < -0.39 is 17.3 Å². The molecule has 22 heavy (non-hydrogen) atoms. The van der Waals surface area contributed by atoms with Crippen molar-refractivity contribution in [3.8, 4) is 0 Å². The van der Waals surface area contributed by atoms with Gasteiger partial charge < -0.3 is 10.4 Å². The van der Waals surface area contributed by atoms with Crippen molar-refractivity contribution in [1.82, 2.24) is 10.3 Å². The highest BCUT2D eigenvalue weighted by Crippen LogP contribution is 2.26. The molecular weight excluding hydrogens is 303 g/mol. The van der Waals surface area contributed by atoms with Crippen LogP contribution in [0.25, 0.3) is 10.9 Å². The number of thioether (sulfide) groups is 1. The molecule has 2 heterocycles. The van der Waals surface area contributed by atoms with E-state index >= 15 is 0 Å². The Balaban J connectivity index is 1.80. The van der Waals surface area contributed by atoms with E-state index in [0.29, 0.717) is 23.7 Å². The lowest BCUT2D eigenvalue weighted by atomic mass is 9.96. The topological polar surface area (TPSA) is 62.2 Å². The molecule has 1 aliphatic heterocycles. The van der Waals surface area contributed by atoms with E-state index in [1.165, 1.54) is 12.1 Å². The van der Waals surface area contributed by atoms with Gasteiger partial charge >= 0.3 is 0 Å². The second-order valence-electron chi connectivity index (χ2n) is 5.55. The first-order chi connectivity index (χ1) is 10.6. The number of hydrogen-bond acceptors (Lipinski definition) is 4. The molecule has 0 radical (unpaired) electrons. The first-order valence-corrected chi connectivity index (χ1v) is 8.35. The predicted molar refractivity (Wildman–Crippen MR) is 85.5 cm³/mol. The molecule has 0 unspecified atom stereocenters. The summed E-state index contributed by atoms with van der Waals surface area (Å²) in [5.41, 5.74) is -0.200. The van der Waals surface area contributed by atoms with Gasteiger partial charge in [-0.1, -0.05) is 6.07 Å². The third-order valence-corrected chi connectivity index (χ3v) is 4.90. The summed E-state index contributed by atoms with van der Waals surface area (Å²) in [5, 5.41) is 13.7. The van der Waals surface area contributed by atoms with Crippen LogP contribution in [0.1, 0.15) is 23.2 Å². The number of rotatable bonds is 3. The van der Waals surface area contributed by atoms with Gasteiger partial charge in [0, 0.05) is 18.1 Å². The Kier molecular flexibility index (Phi) is 4.31. The Morgan fingerprint density at radius 2 is 2.18 bits per heavy atom. The summed E-state index contributed by atoms with van der Waals surface area (Å²) < 4.78 is 13.7. The number of pyridine rings is 1. The summed E-state index contributed by atoms with van der Waals surface area (Å²) >= 11 is 1.80. The number of hydrogen-bond donors (Lipinski definition) is 2.